The Morgan fingerprint density at radius 1 is 1.00 bits per heavy atom. The van der Waals surface area contributed by atoms with Gasteiger partial charge in [0.1, 0.15) is 5.82 Å². The molecule has 2 aromatic carbocycles. The molecule has 1 aromatic heterocycles. The number of fused-ring (bicyclic) bond motifs is 1. The van der Waals surface area contributed by atoms with Crippen molar-refractivity contribution >= 4 is 21.8 Å². The van der Waals surface area contributed by atoms with Crippen LogP contribution in [0.25, 0.3) is 0 Å². The molecule has 2 aliphatic rings. The van der Waals surface area contributed by atoms with Gasteiger partial charge in [-0.05, 0) is 43.5 Å². The number of carbonyl (C=O) groups excluding carboxylic acids is 2. The maximum atomic E-state index is 13.1. The van der Waals surface area contributed by atoms with Gasteiger partial charge in [-0.1, -0.05) is 29.8 Å². The third kappa shape index (κ3) is 2.87. The molecular weight excluding hydrogens is 402 g/mol. The average molecular weight is 421 g/mol. The lowest BCUT2D eigenvalue weighted by Gasteiger charge is -2.14. The van der Waals surface area contributed by atoms with E-state index in [2.05, 4.69) is 4.98 Å². The smallest absolute Gasteiger partial charge is 0.269 e. The Labute approximate surface area is 174 Å². The topological polar surface area (TPSA) is 89.3 Å². The van der Waals surface area contributed by atoms with Crippen molar-refractivity contribution in [3.63, 3.8) is 0 Å². The molecule has 0 unspecified atom stereocenters. The standard InChI is InChI=1S/C22H19N3O4S/c1-14-6-8-16(9-7-14)30(28,29)25-11-10-23-20(25)19-12-15(19)13-24-21(26)17-4-2-3-5-18(17)22(24)27/h2-11,15,19H,12-13H2,1H3/t15-,19+/m0/s1. The number of hydrogen-bond donors (Lipinski definition) is 0. The van der Waals surface area contributed by atoms with Crippen LogP contribution in [-0.2, 0) is 10.0 Å². The van der Waals surface area contributed by atoms with Gasteiger partial charge in [-0.15, -0.1) is 0 Å². The van der Waals surface area contributed by atoms with Crippen molar-refractivity contribution in [2.24, 2.45) is 5.92 Å². The summed E-state index contributed by atoms with van der Waals surface area (Å²) in [5.41, 5.74) is 1.81. The summed E-state index contributed by atoms with van der Waals surface area (Å²) in [5.74, 6) is -0.281. The van der Waals surface area contributed by atoms with Crippen LogP contribution in [0.15, 0.2) is 65.8 Å². The molecule has 3 aromatic rings. The Morgan fingerprint density at radius 3 is 2.27 bits per heavy atom. The van der Waals surface area contributed by atoms with Crippen molar-refractivity contribution in [2.75, 3.05) is 6.54 Å². The molecule has 8 heteroatoms. The SMILES string of the molecule is Cc1ccc(S(=O)(=O)n2ccnc2[C@@H]2C[C@H]2CN2C(=O)c3ccccc3C2=O)cc1. The fourth-order valence-electron chi connectivity index (χ4n) is 3.99. The van der Waals surface area contributed by atoms with E-state index in [0.29, 0.717) is 23.4 Å². The number of benzene rings is 2. The van der Waals surface area contributed by atoms with Crippen molar-refractivity contribution in [3.05, 3.63) is 83.4 Å². The number of rotatable bonds is 5. The molecule has 7 nitrogen and oxygen atoms in total. The first-order chi connectivity index (χ1) is 14.4. The average Bonchev–Trinajstić information content (AvgIpc) is 3.24. The van der Waals surface area contributed by atoms with Crippen LogP contribution in [0.3, 0.4) is 0 Å². The van der Waals surface area contributed by atoms with E-state index in [1.807, 2.05) is 6.92 Å². The highest BCUT2D eigenvalue weighted by Gasteiger charge is 2.47. The van der Waals surface area contributed by atoms with Gasteiger partial charge in [0, 0.05) is 24.9 Å². The van der Waals surface area contributed by atoms with Gasteiger partial charge in [-0.25, -0.2) is 17.4 Å². The van der Waals surface area contributed by atoms with Crippen LogP contribution in [0.2, 0.25) is 0 Å². The van der Waals surface area contributed by atoms with Gasteiger partial charge in [-0.2, -0.15) is 0 Å². The maximum Gasteiger partial charge on any atom is 0.269 e. The predicted octanol–water partition coefficient (Wildman–Crippen LogP) is 2.83. The predicted molar refractivity (Wildman–Crippen MR) is 109 cm³/mol. The first kappa shape index (κ1) is 18.7. The number of imide groups is 1. The van der Waals surface area contributed by atoms with E-state index in [1.165, 1.54) is 21.3 Å². The van der Waals surface area contributed by atoms with Crippen molar-refractivity contribution in [1.82, 2.24) is 13.9 Å². The summed E-state index contributed by atoms with van der Waals surface area (Å²) in [5, 5.41) is 0. The van der Waals surface area contributed by atoms with Crippen LogP contribution in [-0.4, -0.2) is 40.6 Å². The Morgan fingerprint density at radius 2 is 1.63 bits per heavy atom. The fourth-order valence-corrected chi connectivity index (χ4v) is 5.35. The molecule has 2 amide bonds. The largest absolute Gasteiger partial charge is 0.274 e. The molecular formula is C22H19N3O4S. The van der Waals surface area contributed by atoms with Crippen molar-refractivity contribution in [2.45, 2.75) is 24.2 Å². The van der Waals surface area contributed by atoms with Crippen molar-refractivity contribution < 1.29 is 18.0 Å². The van der Waals surface area contributed by atoms with Gasteiger partial charge in [0.25, 0.3) is 21.8 Å². The molecule has 1 saturated carbocycles. The number of aromatic nitrogens is 2. The second-order valence-electron chi connectivity index (χ2n) is 7.77. The zero-order chi connectivity index (χ0) is 21.0. The maximum absolute atomic E-state index is 13.1. The molecule has 0 spiro atoms. The third-order valence-electron chi connectivity index (χ3n) is 5.76. The third-order valence-corrected chi connectivity index (χ3v) is 7.46. The summed E-state index contributed by atoms with van der Waals surface area (Å²) >= 11 is 0. The van der Waals surface area contributed by atoms with E-state index in [-0.39, 0.29) is 35.1 Å². The van der Waals surface area contributed by atoms with Gasteiger partial charge >= 0.3 is 0 Å². The number of hydrogen-bond acceptors (Lipinski definition) is 5. The fraction of sp³-hybridized carbons (Fsp3) is 0.227. The zero-order valence-corrected chi connectivity index (χ0v) is 17.0. The number of carbonyl (C=O) groups is 2. The van der Waals surface area contributed by atoms with E-state index < -0.39 is 10.0 Å². The quantitative estimate of drug-likeness (QED) is 0.591. The van der Waals surface area contributed by atoms with Crippen LogP contribution < -0.4 is 0 Å². The van der Waals surface area contributed by atoms with Crippen molar-refractivity contribution in [1.29, 1.82) is 0 Å². The van der Waals surface area contributed by atoms with Crippen LogP contribution in [0, 0.1) is 12.8 Å². The monoisotopic (exact) mass is 421 g/mol. The summed E-state index contributed by atoms with van der Waals surface area (Å²) in [6.07, 6.45) is 3.59. The molecule has 0 bridgehead atoms. The summed E-state index contributed by atoms with van der Waals surface area (Å²) in [4.78, 5) is 30.9. The van der Waals surface area contributed by atoms with E-state index in [1.54, 1.807) is 48.5 Å². The lowest BCUT2D eigenvalue weighted by molar-refractivity contribution is 0.0646. The first-order valence-corrected chi connectivity index (χ1v) is 11.1. The van der Waals surface area contributed by atoms with Gasteiger partial charge in [0.05, 0.1) is 16.0 Å². The molecule has 0 radical (unpaired) electrons. The van der Waals surface area contributed by atoms with Crippen LogP contribution in [0.5, 0.6) is 0 Å². The molecule has 5 rings (SSSR count). The minimum absolute atomic E-state index is 0.0124. The highest BCUT2D eigenvalue weighted by Crippen LogP contribution is 2.48. The molecule has 2 atom stereocenters. The molecule has 152 valence electrons. The number of aryl methyl sites for hydroxylation is 1. The minimum atomic E-state index is -3.76. The molecule has 1 aliphatic heterocycles. The molecule has 2 heterocycles. The molecule has 0 N–H and O–H groups in total. The van der Waals surface area contributed by atoms with E-state index in [4.69, 9.17) is 0 Å². The van der Waals surface area contributed by atoms with Gasteiger partial charge in [0.15, 0.2) is 0 Å². The molecule has 1 fully saturated rings. The first-order valence-electron chi connectivity index (χ1n) is 9.68. The zero-order valence-electron chi connectivity index (χ0n) is 16.2. The Balaban J connectivity index is 1.37. The Hall–Kier alpha value is -3.26. The van der Waals surface area contributed by atoms with Gasteiger partial charge < -0.3 is 0 Å². The highest BCUT2D eigenvalue weighted by molar-refractivity contribution is 7.90. The van der Waals surface area contributed by atoms with Crippen molar-refractivity contribution in [3.8, 4) is 0 Å². The summed E-state index contributed by atoms with van der Waals surface area (Å²) in [6.45, 7) is 2.15. The van der Waals surface area contributed by atoms with E-state index >= 15 is 0 Å². The van der Waals surface area contributed by atoms with E-state index in [9.17, 15) is 18.0 Å². The lowest BCUT2D eigenvalue weighted by Crippen LogP contribution is -2.32. The molecule has 30 heavy (non-hydrogen) atoms. The Bertz CT molecular complexity index is 1240. The number of imidazole rings is 1. The second kappa shape index (κ2) is 6.63. The normalized spacial score (nSPS) is 20.5. The van der Waals surface area contributed by atoms with Crippen LogP contribution in [0.4, 0.5) is 0 Å². The Kier molecular flexibility index (Phi) is 4.14. The highest BCUT2D eigenvalue weighted by atomic mass is 32.2. The van der Waals surface area contributed by atoms with Crippen LogP contribution >= 0.6 is 0 Å². The second-order valence-corrected chi connectivity index (χ2v) is 9.58. The minimum Gasteiger partial charge on any atom is -0.274 e. The summed E-state index contributed by atoms with van der Waals surface area (Å²) in [6, 6.07) is 13.5. The number of amides is 2. The van der Waals surface area contributed by atoms with Crippen LogP contribution in [0.1, 0.15) is 44.4 Å². The van der Waals surface area contributed by atoms with Gasteiger partial charge in [-0.3, -0.25) is 14.5 Å². The molecule has 0 saturated heterocycles. The summed E-state index contributed by atoms with van der Waals surface area (Å²) < 4.78 is 27.3. The van der Waals surface area contributed by atoms with Gasteiger partial charge in [0.2, 0.25) is 0 Å². The lowest BCUT2D eigenvalue weighted by atomic mass is 10.1. The van der Waals surface area contributed by atoms with E-state index in [0.717, 1.165) is 5.56 Å². The number of nitrogens with zero attached hydrogens (tertiary/aromatic N) is 3. The summed E-state index contributed by atoms with van der Waals surface area (Å²) in [7, 11) is -3.76. The molecule has 1 aliphatic carbocycles.